The minimum Gasteiger partial charge on any atom is -0.381 e. The lowest BCUT2D eigenvalue weighted by Gasteiger charge is -2.49. The van der Waals surface area contributed by atoms with E-state index in [-0.39, 0.29) is 30.7 Å². The molecule has 0 aromatic carbocycles. The lowest BCUT2D eigenvalue weighted by atomic mass is 9.83. The second kappa shape index (κ2) is 5.56. The predicted octanol–water partition coefficient (Wildman–Crippen LogP) is 0.564. The van der Waals surface area contributed by atoms with Crippen LogP contribution in [0.5, 0.6) is 0 Å². The number of ether oxygens (including phenoxy) is 1. The lowest BCUT2D eigenvalue weighted by Crippen LogP contribution is -2.68. The molecule has 0 bridgehead atoms. The van der Waals surface area contributed by atoms with E-state index < -0.39 is 14.6 Å². The fourth-order valence-corrected chi connectivity index (χ4v) is 6.76. The number of hydrogen-bond acceptors (Lipinski definition) is 5. The van der Waals surface area contributed by atoms with Crippen molar-refractivity contribution in [1.82, 2.24) is 15.1 Å². The van der Waals surface area contributed by atoms with Crippen LogP contribution in [0.2, 0.25) is 0 Å². The number of sulfone groups is 1. The Balaban J connectivity index is 1.52. The number of rotatable bonds is 4. The number of aromatic nitrogens is 2. The second-order valence-electron chi connectivity index (χ2n) is 7.07. The summed E-state index contributed by atoms with van der Waals surface area (Å²) in [5.41, 5.74) is 2.55. The third-order valence-electron chi connectivity index (χ3n) is 5.83. The van der Waals surface area contributed by atoms with Crippen LogP contribution < -0.4 is 0 Å². The minimum absolute atomic E-state index is 0.0172. The molecule has 2 fully saturated rings. The molecule has 1 amide bonds. The number of aromatic amines is 1. The first-order valence-corrected chi connectivity index (χ1v) is 10.3. The molecule has 1 aromatic rings. The molecule has 3 aliphatic rings. The third kappa shape index (κ3) is 2.15. The van der Waals surface area contributed by atoms with Gasteiger partial charge in [0.2, 0.25) is 0 Å². The zero-order valence-electron chi connectivity index (χ0n) is 13.9. The highest BCUT2D eigenvalue weighted by Gasteiger charge is 2.62. The molecular weight excluding hydrogens is 330 g/mol. The van der Waals surface area contributed by atoms with Crippen LogP contribution in [0.25, 0.3) is 0 Å². The number of fused-ring (bicyclic) bond motifs is 1. The van der Waals surface area contributed by atoms with Gasteiger partial charge in [-0.1, -0.05) is 0 Å². The summed E-state index contributed by atoms with van der Waals surface area (Å²) in [4.78, 5) is 14.4. The maximum Gasteiger partial charge on any atom is 0.274 e. The van der Waals surface area contributed by atoms with Gasteiger partial charge in [0.25, 0.3) is 5.91 Å². The van der Waals surface area contributed by atoms with E-state index in [9.17, 15) is 13.2 Å². The third-order valence-corrected chi connectivity index (χ3v) is 8.44. The van der Waals surface area contributed by atoms with Gasteiger partial charge < -0.3 is 9.64 Å². The maximum absolute atomic E-state index is 12.7. The van der Waals surface area contributed by atoms with Crippen LogP contribution in [0.15, 0.2) is 0 Å². The molecule has 1 atom stereocenters. The van der Waals surface area contributed by atoms with Gasteiger partial charge in [-0.15, -0.1) is 0 Å². The molecule has 132 valence electrons. The molecule has 1 spiro atoms. The van der Waals surface area contributed by atoms with Crippen molar-refractivity contribution >= 4 is 15.7 Å². The zero-order valence-corrected chi connectivity index (χ0v) is 14.7. The van der Waals surface area contributed by atoms with Gasteiger partial charge in [0.05, 0.1) is 12.4 Å². The molecule has 4 rings (SSSR count). The summed E-state index contributed by atoms with van der Waals surface area (Å²) in [6.45, 7) is 3.48. The first-order valence-electron chi connectivity index (χ1n) is 8.64. The van der Waals surface area contributed by atoms with E-state index in [1.165, 1.54) is 0 Å². The van der Waals surface area contributed by atoms with E-state index in [4.69, 9.17) is 4.74 Å². The summed E-state index contributed by atoms with van der Waals surface area (Å²) in [6, 6.07) is 0. The van der Waals surface area contributed by atoms with Gasteiger partial charge in [-0.25, -0.2) is 8.42 Å². The quantitative estimate of drug-likeness (QED) is 0.854. The van der Waals surface area contributed by atoms with E-state index in [0.29, 0.717) is 25.3 Å². The molecule has 0 radical (unpaired) electrons. The van der Waals surface area contributed by atoms with Crippen molar-refractivity contribution in [2.75, 3.05) is 32.1 Å². The first kappa shape index (κ1) is 16.1. The SMILES string of the molecule is CCOC[C@@H]1CCS(=O)(=O)C12CN(C(=O)c1n[nH]c3c1CCC3)C2. The molecule has 0 saturated carbocycles. The highest BCUT2D eigenvalue weighted by molar-refractivity contribution is 7.93. The van der Waals surface area contributed by atoms with Crippen LogP contribution >= 0.6 is 0 Å². The average molecular weight is 353 g/mol. The summed E-state index contributed by atoms with van der Waals surface area (Å²) in [5.74, 6) is 0.0404. The average Bonchev–Trinajstić information content (AvgIpc) is 3.15. The molecule has 7 nitrogen and oxygen atoms in total. The van der Waals surface area contributed by atoms with Crippen molar-refractivity contribution in [3.05, 3.63) is 17.0 Å². The van der Waals surface area contributed by atoms with Crippen LogP contribution in [-0.4, -0.2) is 66.2 Å². The Kier molecular flexibility index (Phi) is 3.72. The fourth-order valence-electron chi connectivity index (χ4n) is 4.36. The van der Waals surface area contributed by atoms with E-state index in [0.717, 1.165) is 30.5 Å². The van der Waals surface area contributed by atoms with E-state index in [1.54, 1.807) is 4.90 Å². The van der Waals surface area contributed by atoms with Gasteiger partial charge in [0.15, 0.2) is 15.5 Å². The number of nitrogens with zero attached hydrogens (tertiary/aromatic N) is 2. The smallest absolute Gasteiger partial charge is 0.274 e. The molecule has 24 heavy (non-hydrogen) atoms. The number of hydrogen-bond donors (Lipinski definition) is 1. The van der Waals surface area contributed by atoms with Gasteiger partial charge >= 0.3 is 0 Å². The number of carbonyl (C=O) groups is 1. The van der Waals surface area contributed by atoms with Gasteiger partial charge in [0, 0.05) is 36.9 Å². The van der Waals surface area contributed by atoms with Crippen molar-refractivity contribution in [2.45, 2.75) is 37.4 Å². The number of amides is 1. The number of aryl methyl sites for hydroxylation is 1. The molecule has 3 heterocycles. The molecular formula is C16H23N3O4S. The van der Waals surface area contributed by atoms with Crippen LogP contribution in [0.1, 0.15) is 41.5 Å². The summed E-state index contributed by atoms with van der Waals surface area (Å²) >= 11 is 0. The number of carbonyl (C=O) groups excluding carboxylic acids is 1. The van der Waals surface area contributed by atoms with Gasteiger partial charge in [0.1, 0.15) is 4.75 Å². The lowest BCUT2D eigenvalue weighted by molar-refractivity contribution is 0.0266. The second-order valence-corrected chi connectivity index (χ2v) is 9.52. The molecule has 1 N–H and O–H groups in total. The highest BCUT2D eigenvalue weighted by Crippen LogP contribution is 2.45. The summed E-state index contributed by atoms with van der Waals surface area (Å²) in [6.07, 6.45) is 3.47. The van der Waals surface area contributed by atoms with Crippen LogP contribution in [0, 0.1) is 5.92 Å². The molecule has 2 aliphatic heterocycles. The Bertz CT molecular complexity index is 764. The van der Waals surface area contributed by atoms with Crippen molar-refractivity contribution in [3.8, 4) is 0 Å². The number of nitrogens with one attached hydrogen (secondary N) is 1. The van der Waals surface area contributed by atoms with E-state index >= 15 is 0 Å². The number of H-pyrrole nitrogens is 1. The molecule has 8 heteroatoms. The summed E-state index contributed by atoms with van der Waals surface area (Å²) in [5, 5.41) is 7.12. The Hall–Kier alpha value is -1.41. The standard InChI is InChI=1S/C16H23N3O4S/c1-2-23-8-11-6-7-24(21,22)16(11)9-19(10-16)15(20)14-12-4-3-5-13(12)17-18-14/h11H,2-10H2,1H3,(H,17,18)/t11-/m0/s1. The maximum atomic E-state index is 12.7. The largest absolute Gasteiger partial charge is 0.381 e. The van der Waals surface area contributed by atoms with Crippen molar-refractivity contribution < 1.29 is 17.9 Å². The van der Waals surface area contributed by atoms with Crippen LogP contribution in [0.4, 0.5) is 0 Å². The molecule has 2 saturated heterocycles. The monoisotopic (exact) mass is 353 g/mol. The normalized spacial score (nSPS) is 26.5. The Labute approximate surface area is 141 Å². The number of likely N-dealkylation sites (tertiary alicyclic amines) is 1. The Morgan fingerprint density at radius 1 is 1.42 bits per heavy atom. The van der Waals surface area contributed by atoms with Crippen molar-refractivity contribution in [3.63, 3.8) is 0 Å². The van der Waals surface area contributed by atoms with Gasteiger partial charge in [-0.2, -0.15) is 5.10 Å². The first-order chi connectivity index (χ1) is 11.5. The molecule has 1 aliphatic carbocycles. The van der Waals surface area contributed by atoms with E-state index in [2.05, 4.69) is 10.2 Å². The van der Waals surface area contributed by atoms with Crippen LogP contribution in [0.3, 0.4) is 0 Å². The van der Waals surface area contributed by atoms with E-state index in [1.807, 2.05) is 6.92 Å². The summed E-state index contributed by atoms with van der Waals surface area (Å²) < 4.78 is 29.8. The molecule has 1 aromatic heterocycles. The van der Waals surface area contributed by atoms with Gasteiger partial charge in [-0.3, -0.25) is 9.89 Å². The highest BCUT2D eigenvalue weighted by atomic mass is 32.2. The molecule has 0 unspecified atom stereocenters. The van der Waals surface area contributed by atoms with Gasteiger partial charge in [-0.05, 0) is 32.6 Å². The fraction of sp³-hybridized carbons (Fsp3) is 0.750. The topological polar surface area (TPSA) is 92.4 Å². The Morgan fingerprint density at radius 2 is 2.21 bits per heavy atom. The minimum atomic E-state index is -3.18. The summed E-state index contributed by atoms with van der Waals surface area (Å²) in [7, 11) is -3.18. The van der Waals surface area contributed by atoms with Crippen LogP contribution in [-0.2, 0) is 27.4 Å². The van der Waals surface area contributed by atoms with Crippen molar-refractivity contribution in [1.29, 1.82) is 0 Å². The Morgan fingerprint density at radius 3 is 2.96 bits per heavy atom. The predicted molar refractivity (Wildman–Crippen MR) is 87.6 cm³/mol. The zero-order chi connectivity index (χ0) is 16.9. The van der Waals surface area contributed by atoms with Crippen molar-refractivity contribution in [2.24, 2.45) is 5.92 Å².